The third-order valence-corrected chi connectivity index (χ3v) is 7.23. The molecule has 2 fully saturated rings. The van der Waals surface area contributed by atoms with Crippen molar-refractivity contribution in [3.63, 3.8) is 0 Å². The predicted molar refractivity (Wildman–Crippen MR) is 113 cm³/mol. The van der Waals surface area contributed by atoms with Crippen LogP contribution in [0, 0.1) is 5.41 Å². The minimum Gasteiger partial charge on any atom is -0.355 e. The third-order valence-electron chi connectivity index (χ3n) is 6.42. The highest BCUT2D eigenvalue weighted by atomic mass is 35.5. The van der Waals surface area contributed by atoms with Gasteiger partial charge in [0.25, 0.3) is 0 Å². The SMILES string of the molecule is N[C@H]1CC(F)(F)CC12CCN(c1cnc3c(cnn3-c3cccc(Cl)c3Cl)n1)CC2. The number of nitrogens with zero attached hydrogens (tertiary/aromatic N) is 5. The van der Waals surface area contributed by atoms with E-state index in [1.165, 1.54) is 0 Å². The van der Waals surface area contributed by atoms with E-state index in [2.05, 4.69) is 20.0 Å². The van der Waals surface area contributed by atoms with Crippen LogP contribution in [0.5, 0.6) is 0 Å². The molecule has 1 atom stereocenters. The van der Waals surface area contributed by atoms with Crippen molar-refractivity contribution in [1.82, 2.24) is 19.7 Å². The highest BCUT2D eigenvalue weighted by Crippen LogP contribution is 2.52. The minimum atomic E-state index is -2.66. The standard InChI is InChI=1S/C20H20Cl2F2N6/c21-12-2-1-3-14(17(12)22)30-18-13(9-27-30)28-16(10-26-18)29-6-4-19(5-7-29)11-20(23,24)8-15(19)25/h1-3,9-10,15H,4-8,11,25H2/t15-/m0/s1. The van der Waals surface area contributed by atoms with E-state index in [9.17, 15) is 8.78 Å². The Bertz CT molecular complexity index is 1110. The van der Waals surface area contributed by atoms with Crippen LogP contribution in [0.15, 0.2) is 30.6 Å². The molecule has 30 heavy (non-hydrogen) atoms. The summed E-state index contributed by atoms with van der Waals surface area (Å²) < 4.78 is 29.3. The molecule has 0 bridgehead atoms. The van der Waals surface area contributed by atoms with Gasteiger partial charge in [-0.1, -0.05) is 29.3 Å². The highest BCUT2D eigenvalue weighted by Gasteiger charge is 2.55. The predicted octanol–water partition coefficient (Wildman–Crippen LogP) is 4.47. The Hall–Kier alpha value is -2.03. The molecule has 2 aliphatic rings. The normalized spacial score (nSPS) is 22.8. The molecular formula is C20H20Cl2F2N6. The molecule has 0 amide bonds. The smallest absolute Gasteiger partial charge is 0.250 e. The second-order valence-corrected chi connectivity index (χ2v) is 9.04. The van der Waals surface area contributed by atoms with Crippen LogP contribution < -0.4 is 10.6 Å². The third kappa shape index (κ3) is 3.21. The molecule has 0 radical (unpaired) electrons. The number of rotatable bonds is 2. The van der Waals surface area contributed by atoms with Crippen LogP contribution in [0.4, 0.5) is 14.6 Å². The van der Waals surface area contributed by atoms with E-state index in [-0.39, 0.29) is 12.8 Å². The average molecular weight is 453 g/mol. The van der Waals surface area contributed by atoms with E-state index in [0.29, 0.717) is 58.6 Å². The zero-order chi connectivity index (χ0) is 21.1. The molecule has 0 unspecified atom stereocenters. The van der Waals surface area contributed by atoms with Gasteiger partial charge in [0.1, 0.15) is 11.3 Å². The molecule has 1 saturated heterocycles. The van der Waals surface area contributed by atoms with Gasteiger partial charge in [0.2, 0.25) is 5.92 Å². The molecular weight excluding hydrogens is 433 g/mol. The number of fused-ring (bicyclic) bond motifs is 1. The molecule has 10 heteroatoms. The van der Waals surface area contributed by atoms with E-state index in [1.54, 1.807) is 35.3 Å². The van der Waals surface area contributed by atoms with Crippen molar-refractivity contribution in [3.8, 4) is 5.69 Å². The van der Waals surface area contributed by atoms with Gasteiger partial charge in [-0.3, -0.25) is 0 Å². The molecule has 1 aliphatic heterocycles. The number of piperidine rings is 1. The van der Waals surface area contributed by atoms with Crippen LogP contribution in [0.3, 0.4) is 0 Å². The summed E-state index contributed by atoms with van der Waals surface area (Å²) in [5.41, 5.74) is 7.43. The van der Waals surface area contributed by atoms with Crippen LogP contribution in [-0.4, -0.2) is 44.8 Å². The van der Waals surface area contributed by atoms with Crippen molar-refractivity contribution in [2.24, 2.45) is 11.1 Å². The maximum Gasteiger partial charge on any atom is 0.250 e. The average Bonchev–Trinajstić information content (AvgIpc) is 3.22. The Morgan fingerprint density at radius 3 is 2.60 bits per heavy atom. The quantitative estimate of drug-likeness (QED) is 0.620. The lowest BCUT2D eigenvalue weighted by Crippen LogP contribution is -2.47. The summed E-state index contributed by atoms with van der Waals surface area (Å²) in [5, 5.41) is 5.19. The lowest BCUT2D eigenvalue weighted by molar-refractivity contribution is -0.00683. The Labute approximate surface area is 182 Å². The molecule has 1 spiro atoms. The lowest BCUT2D eigenvalue weighted by atomic mass is 9.74. The van der Waals surface area contributed by atoms with E-state index in [0.717, 1.165) is 0 Å². The summed E-state index contributed by atoms with van der Waals surface area (Å²) in [6.45, 7) is 1.25. The fraction of sp³-hybridized carbons (Fsp3) is 0.450. The first-order valence-electron chi connectivity index (χ1n) is 9.82. The molecule has 1 aliphatic carbocycles. The second-order valence-electron chi connectivity index (χ2n) is 8.26. The fourth-order valence-electron chi connectivity index (χ4n) is 4.77. The van der Waals surface area contributed by atoms with Gasteiger partial charge in [-0.25, -0.2) is 23.4 Å². The molecule has 5 rings (SSSR count). The summed E-state index contributed by atoms with van der Waals surface area (Å²) in [6.07, 6.45) is 4.22. The van der Waals surface area contributed by atoms with E-state index >= 15 is 0 Å². The number of benzene rings is 1. The highest BCUT2D eigenvalue weighted by molar-refractivity contribution is 6.43. The van der Waals surface area contributed by atoms with Gasteiger partial charge < -0.3 is 10.6 Å². The van der Waals surface area contributed by atoms with Crippen molar-refractivity contribution in [2.45, 2.75) is 37.6 Å². The van der Waals surface area contributed by atoms with Gasteiger partial charge in [0.15, 0.2) is 5.65 Å². The molecule has 2 N–H and O–H groups in total. The molecule has 3 aromatic rings. The summed E-state index contributed by atoms with van der Waals surface area (Å²) in [4.78, 5) is 11.3. The Morgan fingerprint density at radius 1 is 1.13 bits per heavy atom. The summed E-state index contributed by atoms with van der Waals surface area (Å²) in [5.74, 6) is -1.95. The summed E-state index contributed by atoms with van der Waals surface area (Å²) in [6, 6.07) is 4.85. The number of hydrogen-bond donors (Lipinski definition) is 1. The van der Waals surface area contributed by atoms with E-state index in [4.69, 9.17) is 28.9 Å². The van der Waals surface area contributed by atoms with Crippen molar-refractivity contribution in [1.29, 1.82) is 0 Å². The number of nitrogens with two attached hydrogens (primary N) is 1. The van der Waals surface area contributed by atoms with Crippen LogP contribution in [0.2, 0.25) is 10.0 Å². The molecule has 2 aromatic heterocycles. The maximum atomic E-state index is 13.9. The number of anilines is 1. The van der Waals surface area contributed by atoms with Gasteiger partial charge in [0, 0.05) is 32.0 Å². The Balaban J connectivity index is 1.39. The fourth-order valence-corrected chi connectivity index (χ4v) is 5.15. The number of halogens is 4. The Kier molecular flexibility index (Phi) is 4.65. The topological polar surface area (TPSA) is 72.9 Å². The van der Waals surface area contributed by atoms with Crippen LogP contribution >= 0.6 is 23.2 Å². The minimum absolute atomic E-state index is 0.118. The van der Waals surface area contributed by atoms with Crippen LogP contribution in [0.1, 0.15) is 25.7 Å². The van der Waals surface area contributed by atoms with E-state index in [1.807, 2.05) is 0 Å². The zero-order valence-electron chi connectivity index (χ0n) is 16.0. The molecule has 6 nitrogen and oxygen atoms in total. The molecule has 1 saturated carbocycles. The Morgan fingerprint density at radius 2 is 1.90 bits per heavy atom. The van der Waals surface area contributed by atoms with Crippen LogP contribution in [0.25, 0.3) is 16.9 Å². The van der Waals surface area contributed by atoms with Gasteiger partial charge in [-0.15, -0.1) is 0 Å². The second kappa shape index (κ2) is 7.00. The summed E-state index contributed by atoms with van der Waals surface area (Å²) >= 11 is 12.4. The molecule has 1 aromatic carbocycles. The van der Waals surface area contributed by atoms with Gasteiger partial charge in [-0.05, 0) is 30.4 Å². The largest absolute Gasteiger partial charge is 0.355 e. The van der Waals surface area contributed by atoms with Crippen molar-refractivity contribution in [2.75, 3.05) is 18.0 Å². The van der Waals surface area contributed by atoms with Gasteiger partial charge >= 0.3 is 0 Å². The first-order chi connectivity index (χ1) is 14.3. The number of hydrogen-bond acceptors (Lipinski definition) is 5. The number of alkyl halides is 2. The zero-order valence-corrected chi connectivity index (χ0v) is 17.5. The first kappa shape index (κ1) is 19.9. The van der Waals surface area contributed by atoms with Crippen molar-refractivity contribution < 1.29 is 8.78 Å². The van der Waals surface area contributed by atoms with Gasteiger partial charge in [-0.2, -0.15) is 5.10 Å². The number of aromatic nitrogens is 4. The van der Waals surface area contributed by atoms with Crippen LogP contribution in [-0.2, 0) is 0 Å². The molecule has 158 valence electrons. The van der Waals surface area contributed by atoms with E-state index < -0.39 is 17.4 Å². The first-order valence-corrected chi connectivity index (χ1v) is 10.6. The monoisotopic (exact) mass is 452 g/mol. The summed E-state index contributed by atoms with van der Waals surface area (Å²) in [7, 11) is 0. The molecule has 3 heterocycles. The van der Waals surface area contributed by atoms with Crippen molar-refractivity contribution in [3.05, 3.63) is 40.6 Å². The van der Waals surface area contributed by atoms with Gasteiger partial charge in [0.05, 0.1) is 28.1 Å². The maximum absolute atomic E-state index is 13.9. The van der Waals surface area contributed by atoms with Crippen molar-refractivity contribution >= 4 is 40.2 Å². The lowest BCUT2D eigenvalue weighted by Gasteiger charge is -2.42.